The van der Waals surface area contributed by atoms with Crippen LogP contribution in [0.4, 0.5) is 0 Å². The molecule has 1 unspecified atom stereocenters. The molecule has 7 heteroatoms. The summed E-state index contributed by atoms with van der Waals surface area (Å²) in [5.41, 5.74) is 1.32. The number of rotatable bonds is 6. The van der Waals surface area contributed by atoms with E-state index in [2.05, 4.69) is 36.4 Å². The SMILES string of the molecule is CNCC(C)(C)OC(=O)COC1CCCCCc2c1nnn2C(C)(C)C. The first kappa shape index (κ1) is 20.8. The number of carbonyl (C=O) groups excluding carboxylic acids is 1. The fourth-order valence-electron chi connectivity index (χ4n) is 3.40. The molecule has 0 bridgehead atoms. The molecule has 148 valence electrons. The summed E-state index contributed by atoms with van der Waals surface area (Å²) in [4.78, 5) is 12.2. The van der Waals surface area contributed by atoms with Gasteiger partial charge in [0.15, 0.2) is 0 Å². The Morgan fingerprint density at radius 2 is 1.96 bits per heavy atom. The van der Waals surface area contributed by atoms with Crippen LogP contribution in [0.1, 0.15) is 77.8 Å². The largest absolute Gasteiger partial charge is 0.457 e. The van der Waals surface area contributed by atoms with E-state index in [-0.39, 0.29) is 24.2 Å². The number of ether oxygens (including phenoxy) is 2. The third-order valence-electron chi connectivity index (χ3n) is 4.51. The van der Waals surface area contributed by atoms with Crippen molar-refractivity contribution >= 4 is 5.97 Å². The van der Waals surface area contributed by atoms with Gasteiger partial charge in [-0.05, 0) is 60.9 Å². The van der Waals surface area contributed by atoms with Gasteiger partial charge in [0.05, 0.1) is 11.2 Å². The van der Waals surface area contributed by atoms with Gasteiger partial charge in [0, 0.05) is 6.54 Å². The van der Waals surface area contributed by atoms with Crippen LogP contribution in [0.3, 0.4) is 0 Å². The second kappa shape index (κ2) is 8.48. The Kier molecular flexibility index (Phi) is 6.80. The predicted octanol–water partition coefficient (Wildman–Crippen LogP) is 2.75. The highest BCUT2D eigenvalue weighted by Crippen LogP contribution is 2.31. The van der Waals surface area contributed by atoms with Gasteiger partial charge in [-0.3, -0.25) is 0 Å². The highest BCUT2D eigenvalue weighted by atomic mass is 16.6. The number of hydrogen-bond acceptors (Lipinski definition) is 6. The molecule has 0 saturated carbocycles. The number of nitrogens with zero attached hydrogens (tertiary/aromatic N) is 3. The fourth-order valence-corrected chi connectivity index (χ4v) is 3.40. The van der Waals surface area contributed by atoms with Crippen molar-refractivity contribution in [3.05, 3.63) is 11.4 Å². The second-order valence-electron chi connectivity index (χ2n) is 8.67. The average Bonchev–Trinajstić information content (AvgIpc) is 2.89. The normalized spacial score (nSPS) is 18.8. The lowest BCUT2D eigenvalue weighted by molar-refractivity contribution is -0.163. The van der Waals surface area contributed by atoms with Gasteiger partial charge in [0.1, 0.15) is 24.0 Å². The van der Waals surface area contributed by atoms with E-state index in [4.69, 9.17) is 9.47 Å². The Morgan fingerprint density at radius 3 is 2.62 bits per heavy atom. The van der Waals surface area contributed by atoms with Gasteiger partial charge in [0.25, 0.3) is 0 Å². The summed E-state index contributed by atoms with van der Waals surface area (Å²) in [5, 5.41) is 11.8. The zero-order chi connectivity index (χ0) is 19.4. The van der Waals surface area contributed by atoms with Gasteiger partial charge < -0.3 is 14.8 Å². The quantitative estimate of drug-likeness (QED) is 0.780. The van der Waals surface area contributed by atoms with Crippen LogP contribution in [0.5, 0.6) is 0 Å². The maximum atomic E-state index is 12.2. The van der Waals surface area contributed by atoms with Crippen molar-refractivity contribution in [2.75, 3.05) is 20.2 Å². The second-order valence-corrected chi connectivity index (χ2v) is 8.67. The van der Waals surface area contributed by atoms with E-state index in [1.54, 1.807) is 0 Å². The molecule has 7 nitrogen and oxygen atoms in total. The highest BCUT2D eigenvalue weighted by molar-refractivity contribution is 5.71. The Labute approximate surface area is 156 Å². The molecule has 0 fully saturated rings. The minimum Gasteiger partial charge on any atom is -0.457 e. The summed E-state index contributed by atoms with van der Waals surface area (Å²) in [5.74, 6) is -0.350. The topological polar surface area (TPSA) is 78.3 Å². The molecular weight excluding hydrogens is 332 g/mol. The van der Waals surface area contributed by atoms with Crippen LogP contribution in [0, 0.1) is 0 Å². The van der Waals surface area contributed by atoms with Crippen LogP contribution in [-0.4, -0.2) is 46.8 Å². The zero-order valence-corrected chi connectivity index (χ0v) is 17.1. The first-order valence-corrected chi connectivity index (χ1v) is 9.57. The molecule has 1 atom stereocenters. The van der Waals surface area contributed by atoms with Gasteiger partial charge in [0.2, 0.25) is 0 Å². The summed E-state index contributed by atoms with van der Waals surface area (Å²) in [6, 6.07) is 0. The van der Waals surface area contributed by atoms with E-state index in [0.717, 1.165) is 43.5 Å². The number of fused-ring (bicyclic) bond motifs is 1. The molecule has 2 rings (SSSR count). The van der Waals surface area contributed by atoms with Crippen molar-refractivity contribution in [3.63, 3.8) is 0 Å². The summed E-state index contributed by atoms with van der Waals surface area (Å²) >= 11 is 0. The van der Waals surface area contributed by atoms with Crippen molar-refractivity contribution in [1.29, 1.82) is 0 Å². The van der Waals surface area contributed by atoms with Crippen molar-refractivity contribution < 1.29 is 14.3 Å². The van der Waals surface area contributed by atoms with Crippen molar-refractivity contribution in [2.24, 2.45) is 0 Å². The van der Waals surface area contributed by atoms with E-state index < -0.39 is 5.60 Å². The Bertz CT molecular complexity index is 604. The molecule has 0 aliphatic heterocycles. The molecule has 1 N–H and O–H groups in total. The van der Waals surface area contributed by atoms with Crippen LogP contribution in [0.25, 0.3) is 0 Å². The lowest BCUT2D eigenvalue weighted by Gasteiger charge is -2.26. The Morgan fingerprint density at radius 1 is 1.23 bits per heavy atom. The maximum Gasteiger partial charge on any atom is 0.332 e. The number of aromatic nitrogens is 3. The molecule has 0 saturated heterocycles. The van der Waals surface area contributed by atoms with Crippen LogP contribution in [-0.2, 0) is 26.2 Å². The zero-order valence-electron chi connectivity index (χ0n) is 17.1. The van der Waals surface area contributed by atoms with Gasteiger partial charge in [-0.1, -0.05) is 18.1 Å². The molecule has 1 aliphatic carbocycles. The third kappa shape index (κ3) is 5.51. The molecular formula is C19H34N4O3. The molecule has 1 aromatic heterocycles. The van der Waals surface area contributed by atoms with E-state index in [0.29, 0.717) is 6.54 Å². The number of likely N-dealkylation sites (N-methyl/N-ethyl adjacent to an activating group) is 1. The van der Waals surface area contributed by atoms with Crippen LogP contribution in [0.2, 0.25) is 0 Å². The molecule has 0 aromatic carbocycles. The first-order chi connectivity index (χ1) is 12.1. The Balaban J connectivity index is 2.08. The summed E-state index contributed by atoms with van der Waals surface area (Å²) in [6.45, 7) is 10.6. The first-order valence-electron chi connectivity index (χ1n) is 9.57. The maximum absolute atomic E-state index is 12.2. The van der Waals surface area contributed by atoms with Crippen molar-refractivity contribution in [1.82, 2.24) is 20.3 Å². The van der Waals surface area contributed by atoms with E-state index in [1.807, 2.05) is 25.6 Å². The van der Waals surface area contributed by atoms with E-state index in [1.165, 1.54) is 0 Å². The summed E-state index contributed by atoms with van der Waals surface area (Å²) in [7, 11) is 1.83. The molecule has 1 heterocycles. The average molecular weight is 367 g/mol. The lowest BCUT2D eigenvalue weighted by Crippen LogP contribution is -2.39. The monoisotopic (exact) mass is 366 g/mol. The standard InChI is InChI=1S/C19H34N4O3/c1-18(2,3)23-14-10-8-7-9-11-15(17(14)21-22-23)25-12-16(24)26-19(4,5)13-20-6/h15,20H,7-13H2,1-6H3. The molecule has 0 amide bonds. The molecule has 0 spiro atoms. The summed E-state index contributed by atoms with van der Waals surface area (Å²) < 4.78 is 13.4. The molecule has 1 aromatic rings. The van der Waals surface area contributed by atoms with Crippen LogP contribution in [0.15, 0.2) is 0 Å². The van der Waals surface area contributed by atoms with Gasteiger partial charge in [-0.15, -0.1) is 5.10 Å². The van der Waals surface area contributed by atoms with Crippen LogP contribution < -0.4 is 5.32 Å². The predicted molar refractivity (Wildman–Crippen MR) is 100.0 cm³/mol. The van der Waals surface area contributed by atoms with Gasteiger partial charge in [-0.2, -0.15) is 0 Å². The van der Waals surface area contributed by atoms with E-state index >= 15 is 0 Å². The van der Waals surface area contributed by atoms with Gasteiger partial charge >= 0.3 is 5.97 Å². The minimum atomic E-state index is -0.559. The number of carbonyl (C=O) groups is 1. The van der Waals surface area contributed by atoms with Crippen molar-refractivity contribution in [2.45, 2.75) is 84.0 Å². The number of esters is 1. The fraction of sp³-hybridized carbons (Fsp3) is 0.842. The number of nitrogens with one attached hydrogen (secondary N) is 1. The molecule has 26 heavy (non-hydrogen) atoms. The number of hydrogen-bond donors (Lipinski definition) is 1. The van der Waals surface area contributed by atoms with E-state index in [9.17, 15) is 4.79 Å². The smallest absolute Gasteiger partial charge is 0.332 e. The van der Waals surface area contributed by atoms with Gasteiger partial charge in [-0.25, -0.2) is 9.48 Å². The third-order valence-corrected chi connectivity index (χ3v) is 4.51. The highest BCUT2D eigenvalue weighted by Gasteiger charge is 2.29. The molecule has 1 aliphatic rings. The minimum absolute atomic E-state index is 0.0698. The lowest BCUT2D eigenvalue weighted by atomic mass is 9.97. The molecule has 0 radical (unpaired) electrons. The van der Waals surface area contributed by atoms with Crippen LogP contribution >= 0.6 is 0 Å². The summed E-state index contributed by atoms with van der Waals surface area (Å²) in [6.07, 6.45) is 4.92. The Hall–Kier alpha value is -1.47. The van der Waals surface area contributed by atoms with Crippen molar-refractivity contribution in [3.8, 4) is 0 Å².